The molecule has 1 aromatic heterocycles. The van der Waals surface area contributed by atoms with E-state index in [0.717, 1.165) is 27.6 Å². The van der Waals surface area contributed by atoms with E-state index in [0.29, 0.717) is 19.2 Å². The quantitative estimate of drug-likeness (QED) is 0.374. The zero-order chi connectivity index (χ0) is 22.7. The van der Waals surface area contributed by atoms with Crippen molar-refractivity contribution < 1.29 is 23.0 Å². The Kier molecular flexibility index (Phi) is 5.92. The van der Waals surface area contributed by atoms with Crippen molar-refractivity contribution >= 4 is 22.6 Å². The summed E-state index contributed by atoms with van der Waals surface area (Å²) in [6.45, 7) is 1.12. The van der Waals surface area contributed by atoms with E-state index >= 15 is 0 Å². The molecule has 0 radical (unpaired) electrons. The molecule has 1 N–H and O–H groups in total. The van der Waals surface area contributed by atoms with E-state index < -0.39 is 6.11 Å². The number of carbonyl (C=O) groups excluding carboxylic acids is 1. The Bertz CT molecular complexity index is 1240. The Balaban J connectivity index is 1.66. The lowest BCUT2D eigenvalue weighted by atomic mass is 10.00. The number of fused-ring (bicyclic) bond motifs is 1. The summed E-state index contributed by atoms with van der Waals surface area (Å²) in [6.07, 6.45) is -1.48. The van der Waals surface area contributed by atoms with Crippen molar-refractivity contribution in [2.45, 2.75) is 19.6 Å². The third-order valence-corrected chi connectivity index (χ3v) is 4.94. The molecule has 32 heavy (non-hydrogen) atoms. The molecule has 0 aliphatic rings. The van der Waals surface area contributed by atoms with E-state index in [1.807, 2.05) is 48.5 Å². The van der Waals surface area contributed by atoms with Crippen molar-refractivity contribution in [1.82, 2.24) is 4.57 Å². The number of hydrogen-bond donors (Lipinski definition) is 1. The number of alkyl halides is 2. The van der Waals surface area contributed by atoms with Crippen LogP contribution in [0.4, 0.5) is 19.3 Å². The summed E-state index contributed by atoms with van der Waals surface area (Å²) < 4.78 is 37.4. The maximum Gasteiger partial charge on any atom is 0.394 e. The Morgan fingerprint density at radius 2 is 1.66 bits per heavy atom. The number of nitrogens with one attached hydrogen (secondary N) is 1. The molecule has 164 valence electrons. The number of para-hydroxylation sites is 1. The Morgan fingerprint density at radius 3 is 2.38 bits per heavy atom. The second-order valence-electron chi connectivity index (χ2n) is 7.38. The Morgan fingerprint density at radius 1 is 0.969 bits per heavy atom. The molecule has 0 bridgehead atoms. The molecule has 0 fully saturated rings. The Labute approximate surface area is 184 Å². The molecule has 1 amide bonds. The SMILES string of the molecule is COCc1ccccc1-c1cn(C(=O)Nc2ccc(OC(C)(F)F)cc2)c2ccccc12. The third kappa shape index (κ3) is 4.63. The van der Waals surface area contributed by atoms with Crippen molar-refractivity contribution in [2.24, 2.45) is 0 Å². The monoisotopic (exact) mass is 436 g/mol. The molecular formula is C25H22F2N2O3. The number of amides is 1. The van der Waals surface area contributed by atoms with Crippen LogP contribution in [0.15, 0.2) is 79.0 Å². The molecule has 0 spiro atoms. The van der Waals surface area contributed by atoms with Gasteiger partial charge in [0.1, 0.15) is 5.75 Å². The zero-order valence-electron chi connectivity index (χ0n) is 17.6. The van der Waals surface area contributed by atoms with Crippen LogP contribution in [0.25, 0.3) is 22.0 Å². The lowest BCUT2D eigenvalue weighted by molar-refractivity contribution is -0.158. The van der Waals surface area contributed by atoms with Gasteiger partial charge in [0.25, 0.3) is 0 Å². The average molecular weight is 436 g/mol. The molecule has 4 aromatic rings. The van der Waals surface area contributed by atoms with Crippen molar-refractivity contribution in [3.8, 4) is 16.9 Å². The molecule has 0 saturated heterocycles. The van der Waals surface area contributed by atoms with Crippen LogP contribution in [0, 0.1) is 0 Å². The summed E-state index contributed by atoms with van der Waals surface area (Å²) in [6, 6.07) is 21.0. The number of carbonyl (C=O) groups is 1. The van der Waals surface area contributed by atoms with Gasteiger partial charge in [0.05, 0.1) is 12.1 Å². The van der Waals surface area contributed by atoms with Gasteiger partial charge in [-0.15, -0.1) is 0 Å². The van der Waals surface area contributed by atoms with Crippen molar-refractivity contribution in [3.63, 3.8) is 0 Å². The van der Waals surface area contributed by atoms with Gasteiger partial charge in [0, 0.05) is 36.9 Å². The fourth-order valence-corrected chi connectivity index (χ4v) is 3.62. The molecule has 4 rings (SSSR count). The predicted octanol–water partition coefficient (Wildman–Crippen LogP) is 6.53. The lowest BCUT2D eigenvalue weighted by Crippen LogP contribution is -2.19. The van der Waals surface area contributed by atoms with Crippen LogP contribution in [0.2, 0.25) is 0 Å². The van der Waals surface area contributed by atoms with Crippen LogP contribution in [-0.2, 0) is 11.3 Å². The summed E-state index contributed by atoms with van der Waals surface area (Å²) in [4.78, 5) is 13.1. The number of methoxy groups -OCH3 is 1. The van der Waals surface area contributed by atoms with Gasteiger partial charge in [0.2, 0.25) is 0 Å². The number of halogens is 2. The molecule has 0 unspecified atom stereocenters. The molecule has 7 heteroatoms. The number of ether oxygens (including phenoxy) is 2. The molecular weight excluding hydrogens is 414 g/mol. The summed E-state index contributed by atoms with van der Waals surface area (Å²) in [5, 5.41) is 3.73. The normalized spacial score (nSPS) is 11.5. The number of aromatic nitrogens is 1. The van der Waals surface area contributed by atoms with E-state index in [-0.39, 0.29) is 11.8 Å². The van der Waals surface area contributed by atoms with Crippen molar-refractivity contribution in [3.05, 3.63) is 84.6 Å². The molecule has 0 atom stereocenters. The first kappa shape index (κ1) is 21.5. The standard InChI is InChI=1S/C25H22F2N2O3/c1-25(26,27)32-19-13-11-18(12-14-19)28-24(30)29-15-22(21-9-5-6-10-23(21)29)20-8-4-3-7-17(20)16-31-2/h3-15H,16H2,1-2H3,(H,28,30). The number of hydrogen-bond acceptors (Lipinski definition) is 3. The largest absolute Gasteiger partial charge is 0.433 e. The summed E-state index contributed by atoms with van der Waals surface area (Å²) in [5.41, 5.74) is 4.12. The van der Waals surface area contributed by atoms with E-state index in [9.17, 15) is 13.6 Å². The van der Waals surface area contributed by atoms with Gasteiger partial charge < -0.3 is 14.8 Å². The fraction of sp³-hybridized carbons (Fsp3) is 0.160. The third-order valence-electron chi connectivity index (χ3n) is 4.94. The topological polar surface area (TPSA) is 52.5 Å². The highest BCUT2D eigenvalue weighted by Crippen LogP contribution is 2.33. The zero-order valence-corrected chi connectivity index (χ0v) is 17.6. The van der Waals surface area contributed by atoms with Crippen LogP contribution < -0.4 is 10.1 Å². The van der Waals surface area contributed by atoms with Gasteiger partial charge in [-0.25, -0.2) is 4.79 Å². The smallest absolute Gasteiger partial charge is 0.394 e. The molecule has 5 nitrogen and oxygen atoms in total. The van der Waals surface area contributed by atoms with Crippen molar-refractivity contribution in [1.29, 1.82) is 0 Å². The maximum absolute atomic E-state index is 13.1. The van der Waals surface area contributed by atoms with Gasteiger partial charge in [-0.3, -0.25) is 4.57 Å². The van der Waals surface area contributed by atoms with E-state index in [2.05, 4.69) is 10.1 Å². The van der Waals surface area contributed by atoms with Gasteiger partial charge in [-0.1, -0.05) is 42.5 Å². The second kappa shape index (κ2) is 8.80. The minimum Gasteiger partial charge on any atom is -0.433 e. The summed E-state index contributed by atoms with van der Waals surface area (Å²) >= 11 is 0. The number of rotatable bonds is 6. The molecule has 0 aliphatic heterocycles. The van der Waals surface area contributed by atoms with Crippen LogP contribution >= 0.6 is 0 Å². The van der Waals surface area contributed by atoms with Gasteiger partial charge in [-0.05, 0) is 41.5 Å². The minimum atomic E-state index is -3.27. The first-order valence-electron chi connectivity index (χ1n) is 10.0. The molecule has 3 aromatic carbocycles. The maximum atomic E-state index is 13.1. The second-order valence-corrected chi connectivity index (χ2v) is 7.38. The van der Waals surface area contributed by atoms with E-state index in [1.165, 1.54) is 24.3 Å². The van der Waals surface area contributed by atoms with Crippen LogP contribution in [-0.4, -0.2) is 23.8 Å². The van der Waals surface area contributed by atoms with E-state index in [1.54, 1.807) is 17.9 Å². The highest BCUT2D eigenvalue weighted by molar-refractivity contribution is 6.04. The lowest BCUT2D eigenvalue weighted by Gasteiger charge is -2.13. The van der Waals surface area contributed by atoms with Gasteiger partial charge >= 0.3 is 12.1 Å². The van der Waals surface area contributed by atoms with Crippen LogP contribution in [0.3, 0.4) is 0 Å². The Hall–Kier alpha value is -3.71. The van der Waals surface area contributed by atoms with Gasteiger partial charge in [-0.2, -0.15) is 8.78 Å². The first-order valence-corrected chi connectivity index (χ1v) is 10.0. The molecule has 0 aliphatic carbocycles. The highest BCUT2D eigenvalue weighted by Gasteiger charge is 2.23. The summed E-state index contributed by atoms with van der Waals surface area (Å²) in [7, 11) is 1.64. The predicted molar refractivity (Wildman–Crippen MR) is 120 cm³/mol. The van der Waals surface area contributed by atoms with Crippen molar-refractivity contribution in [2.75, 3.05) is 12.4 Å². The van der Waals surface area contributed by atoms with Crippen LogP contribution in [0.1, 0.15) is 12.5 Å². The highest BCUT2D eigenvalue weighted by atomic mass is 19.3. The fourth-order valence-electron chi connectivity index (χ4n) is 3.62. The molecule has 0 saturated carbocycles. The number of nitrogens with zero attached hydrogens (tertiary/aromatic N) is 1. The molecule has 1 heterocycles. The minimum absolute atomic E-state index is 0.0129. The summed E-state index contributed by atoms with van der Waals surface area (Å²) in [5.74, 6) is 0.0129. The van der Waals surface area contributed by atoms with Gasteiger partial charge in [0.15, 0.2) is 0 Å². The number of benzene rings is 3. The van der Waals surface area contributed by atoms with E-state index in [4.69, 9.17) is 4.74 Å². The average Bonchev–Trinajstić information content (AvgIpc) is 3.14. The first-order chi connectivity index (χ1) is 15.4. The van der Waals surface area contributed by atoms with Crippen LogP contribution in [0.5, 0.6) is 5.75 Å². The number of anilines is 1.